The Morgan fingerprint density at radius 2 is 1.81 bits per heavy atom. The largest absolute Gasteiger partial charge is 0.317 e. The standard InChI is InChI=1S/C18H29N3/c1-18(9-11-19-12-10-18)21-13-7-17(8-14-21)20-15-16-5-3-2-4-6-16/h2-6,17,19-20H,7-15H2,1H3. The van der Waals surface area contributed by atoms with Crippen molar-refractivity contribution >= 4 is 0 Å². The molecular weight excluding hydrogens is 258 g/mol. The predicted octanol–water partition coefficient (Wildman–Crippen LogP) is 2.38. The van der Waals surface area contributed by atoms with E-state index in [-0.39, 0.29) is 0 Å². The van der Waals surface area contributed by atoms with Crippen LogP contribution < -0.4 is 10.6 Å². The topological polar surface area (TPSA) is 27.3 Å². The first-order valence-electron chi connectivity index (χ1n) is 8.49. The van der Waals surface area contributed by atoms with Crippen molar-refractivity contribution in [3.8, 4) is 0 Å². The van der Waals surface area contributed by atoms with Crippen LogP contribution in [0.3, 0.4) is 0 Å². The summed E-state index contributed by atoms with van der Waals surface area (Å²) in [6.07, 6.45) is 5.18. The summed E-state index contributed by atoms with van der Waals surface area (Å²) < 4.78 is 0. The molecule has 1 aromatic rings. The fourth-order valence-corrected chi connectivity index (χ4v) is 3.76. The molecule has 1 aromatic carbocycles. The Morgan fingerprint density at radius 3 is 2.48 bits per heavy atom. The minimum Gasteiger partial charge on any atom is -0.317 e. The highest BCUT2D eigenvalue weighted by Gasteiger charge is 2.35. The third-order valence-corrected chi connectivity index (χ3v) is 5.38. The van der Waals surface area contributed by atoms with Crippen LogP contribution in [0.1, 0.15) is 38.2 Å². The predicted molar refractivity (Wildman–Crippen MR) is 88.4 cm³/mol. The van der Waals surface area contributed by atoms with Crippen molar-refractivity contribution in [3.63, 3.8) is 0 Å². The number of nitrogens with one attached hydrogen (secondary N) is 2. The van der Waals surface area contributed by atoms with Crippen LogP contribution in [0, 0.1) is 0 Å². The van der Waals surface area contributed by atoms with Crippen LogP contribution in [0.4, 0.5) is 0 Å². The van der Waals surface area contributed by atoms with Gasteiger partial charge in [0, 0.05) is 31.2 Å². The fourth-order valence-electron chi connectivity index (χ4n) is 3.76. The molecule has 3 rings (SSSR count). The summed E-state index contributed by atoms with van der Waals surface area (Å²) in [4.78, 5) is 2.74. The van der Waals surface area contributed by atoms with Crippen molar-refractivity contribution in [1.82, 2.24) is 15.5 Å². The van der Waals surface area contributed by atoms with Crippen LogP contribution >= 0.6 is 0 Å². The number of likely N-dealkylation sites (tertiary alicyclic amines) is 1. The number of benzene rings is 1. The van der Waals surface area contributed by atoms with Gasteiger partial charge in [0.05, 0.1) is 0 Å². The Morgan fingerprint density at radius 1 is 1.14 bits per heavy atom. The smallest absolute Gasteiger partial charge is 0.0208 e. The van der Waals surface area contributed by atoms with Gasteiger partial charge in [0.1, 0.15) is 0 Å². The van der Waals surface area contributed by atoms with E-state index in [2.05, 4.69) is 52.8 Å². The van der Waals surface area contributed by atoms with E-state index in [0.717, 1.165) is 6.54 Å². The van der Waals surface area contributed by atoms with Gasteiger partial charge in [-0.2, -0.15) is 0 Å². The molecule has 0 bridgehead atoms. The first-order chi connectivity index (χ1) is 10.3. The molecule has 116 valence electrons. The second kappa shape index (κ2) is 6.91. The van der Waals surface area contributed by atoms with Gasteiger partial charge in [0.25, 0.3) is 0 Å². The van der Waals surface area contributed by atoms with Crippen LogP contribution in [0.5, 0.6) is 0 Å². The number of hydrogen-bond donors (Lipinski definition) is 2. The van der Waals surface area contributed by atoms with Gasteiger partial charge in [-0.25, -0.2) is 0 Å². The normalized spacial score (nSPS) is 24.0. The lowest BCUT2D eigenvalue weighted by atomic mass is 9.86. The zero-order valence-electron chi connectivity index (χ0n) is 13.3. The summed E-state index contributed by atoms with van der Waals surface area (Å²) in [5.74, 6) is 0. The maximum absolute atomic E-state index is 3.73. The third-order valence-electron chi connectivity index (χ3n) is 5.38. The van der Waals surface area contributed by atoms with Crippen molar-refractivity contribution in [2.75, 3.05) is 26.2 Å². The van der Waals surface area contributed by atoms with Gasteiger partial charge < -0.3 is 10.6 Å². The van der Waals surface area contributed by atoms with E-state index in [0.29, 0.717) is 11.6 Å². The third kappa shape index (κ3) is 3.85. The Balaban J connectivity index is 1.44. The summed E-state index contributed by atoms with van der Waals surface area (Å²) in [5.41, 5.74) is 1.83. The van der Waals surface area contributed by atoms with Crippen molar-refractivity contribution in [3.05, 3.63) is 35.9 Å². The first kappa shape index (κ1) is 15.0. The summed E-state index contributed by atoms with van der Waals surface area (Å²) >= 11 is 0. The lowest BCUT2D eigenvalue weighted by Gasteiger charge is -2.47. The van der Waals surface area contributed by atoms with E-state index in [1.54, 1.807) is 0 Å². The minimum absolute atomic E-state index is 0.440. The molecule has 0 aliphatic carbocycles. The Kier molecular flexibility index (Phi) is 4.94. The highest BCUT2D eigenvalue weighted by molar-refractivity contribution is 5.14. The highest BCUT2D eigenvalue weighted by atomic mass is 15.2. The van der Waals surface area contributed by atoms with E-state index in [4.69, 9.17) is 0 Å². The molecular formula is C18H29N3. The van der Waals surface area contributed by atoms with Crippen LogP contribution in [0.25, 0.3) is 0 Å². The van der Waals surface area contributed by atoms with Crippen LogP contribution in [-0.2, 0) is 6.54 Å². The quantitative estimate of drug-likeness (QED) is 0.890. The SMILES string of the molecule is CC1(N2CCC(NCc3ccccc3)CC2)CCNCC1. The molecule has 2 heterocycles. The van der Waals surface area contributed by atoms with E-state index in [9.17, 15) is 0 Å². The number of hydrogen-bond acceptors (Lipinski definition) is 3. The summed E-state index contributed by atoms with van der Waals surface area (Å²) in [6, 6.07) is 11.4. The van der Waals surface area contributed by atoms with E-state index < -0.39 is 0 Å². The molecule has 3 heteroatoms. The number of rotatable bonds is 4. The van der Waals surface area contributed by atoms with Gasteiger partial charge in [0.15, 0.2) is 0 Å². The molecule has 2 aliphatic heterocycles. The van der Waals surface area contributed by atoms with Crippen molar-refractivity contribution in [2.24, 2.45) is 0 Å². The lowest BCUT2D eigenvalue weighted by Crippen LogP contribution is -2.56. The maximum atomic E-state index is 3.73. The number of piperidine rings is 2. The monoisotopic (exact) mass is 287 g/mol. The first-order valence-corrected chi connectivity index (χ1v) is 8.49. The van der Waals surface area contributed by atoms with E-state index >= 15 is 0 Å². The Labute approximate surface area is 129 Å². The van der Waals surface area contributed by atoms with Crippen LogP contribution in [0.15, 0.2) is 30.3 Å². The minimum atomic E-state index is 0.440. The molecule has 0 aromatic heterocycles. The van der Waals surface area contributed by atoms with Crippen molar-refractivity contribution in [2.45, 2.75) is 50.7 Å². The average molecular weight is 287 g/mol. The van der Waals surface area contributed by atoms with Crippen molar-refractivity contribution < 1.29 is 0 Å². The Hall–Kier alpha value is -0.900. The highest BCUT2D eigenvalue weighted by Crippen LogP contribution is 2.28. The van der Waals surface area contributed by atoms with E-state index in [1.807, 2.05) is 0 Å². The molecule has 0 atom stereocenters. The maximum Gasteiger partial charge on any atom is 0.0208 e. The molecule has 2 fully saturated rings. The zero-order valence-corrected chi connectivity index (χ0v) is 13.3. The molecule has 2 N–H and O–H groups in total. The Bertz CT molecular complexity index is 417. The molecule has 21 heavy (non-hydrogen) atoms. The lowest BCUT2D eigenvalue weighted by molar-refractivity contribution is 0.0450. The van der Waals surface area contributed by atoms with Gasteiger partial charge in [-0.15, -0.1) is 0 Å². The second-order valence-electron chi connectivity index (χ2n) is 6.87. The van der Waals surface area contributed by atoms with Gasteiger partial charge in [-0.05, 0) is 51.3 Å². The van der Waals surface area contributed by atoms with Gasteiger partial charge in [-0.3, -0.25) is 4.90 Å². The van der Waals surface area contributed by atoms with Crippen LogP contribution in [0.2, 0.25) is 0 Å². The summed E-state index contributed by atoms with van der Waals surface area (Å²) in [7, 11) is 0. The summed E-state index contributed by atoms with van der Waals surface area (Å²) in [6.45, 7) is 8.34. The van der Waals surface area contributed by atoms with E-state index in [1.165, 1.54) is 57.4 Å². The molecule has 0 saturated carbocycles. The zero-order chi connectivity index (χ0) is 14.5. The molecule has 0 amide bonds. The van der Waals surface area contributed by atoms with Gasteiger partial charge >= 0.3 is 0 Å². The van der Waals surface area contributed by atoms with Crippen molar-refractivity contribution in [1.29, 1.82) is 0 Å². The molecule has 3 nitrogen and oxygen atoms in total. The van der Waals surface area contributed by atoms with Gasteiger partial charge in [0.2, 0.25) is 0 Å². The number of nitrogens with zero attached hydrogens (tertiary/aromatic N) is 1. The molecule has 0 spiro atoms. The molecule has 2 aliphatic rings. The fraction of sp³-hybridized carbons (Fsp3) is 0.667. The van der Waals surface area contributed by atoms with Crippen LogP contribution in [-0.4, -0.2) is 42.7 Å². The summed E-state index contributed by atoms with van der Waals surface area (Å²) in [5, 5.41) is 7.22. The second-order valence-corrected chi connectivity index (χ2v) is 6.87. The molecule has 0 radical (unpaired) electrons. The average Bonchev–Trinajstić information content (AvgIpc) is 2.55. The molecule has 0 unspecified atom stereocenters. The molecule has 2 saturated heterocycles. The van der Waals surface area contributed by atoms with Gasteiger partial charge in [-0.1, -0.05) is 30.3 Å².